The predicted molar refractivity (Wildman–Crippen MR) is 63.8 cm³/mol. The van der Waals surface area contributed by atoms with Crippen molar-refractivity contribution >= 4 is 5.91 Å². The zero-order chi connectivity index (χ0) is 14.9. The highest BCUT2D eigenvalue weighted by atomic mass is 19.4. The first-order valence-electron chi connectivity index (χ1n) is 6.38. The van der Waals surface area contributed by atoms with Crippen molar-refractivity contribution in [2.75, 3.05) is 13.1 Å². The van der Waals surface area contributed by atoms with Crippen molar-refractivity contribution in [2.24, 2.45) is 0 Å². The number of nitrogens with zero attached hydrogens (tertiary/aromatic N) is 2. The molecular formula is C12H16F3N3O2. The van der Waals surface area contributed by atoms with E-state index in [9.17, 15) is 23.1 Å². The molecule has 1 aliphatic rings. The number of imidazole rings is 1. The predicted octanol–water partition coefficient (Wildman–Crippen LogP) is 1.52. The van der Waals surface area contributed by atoms with E-state index in [-0.39, 0.29) is 11.8 Å². The molecule has 1 aliphatic heterocycles. The fourth-order valence-corrected chi connectivity index (χ4v) is 2.33. The summed E-state index contributed by atoms with van der Waals surface area (Å²) in [5.41, 5.74) is -0.852. The number of halogens is 3. The summed E-state index contributed by atoms with van der Waals surface area (Å²) in [6.07, 6.45) is -3.62. The summed E-state index contributed by atoms with van der Waals surface area (Å²) in [6, 6.07) is 0. The van der Waals surface area contributed by atoms with E-state index in [2.05, 4.69) is 9.97 Å². The summed E-state index contributed by atoms with van der Waals surface area (Å²) >= 11 is 0. The molecule has 0 spiro atoms. The molecule has 1 aromatic rings. The molecule has 2 N–H and O–H groups in total. The maximum atomic E-state index is 12.5. The second-order valence-corrected chi connectivity index (χ2v) is 4.96. The number of alkyl halides is 3. The van der Waals surface area contributed by atoms with E-state index in [0.717, 1.165) is 6.20 Å². The van der Waals surface area contributed by atoms with E-state index in [1.54, 1.807) is 0 Å². The highest BCUT2D eigenvalue weighted by molar-refractivity contribution is 5.80. The number of carbonyl (C=O) groups excluding carboxylic acids is 1. The van der Waals surface area contributed by atoms with Crippen LogP contribution in [0.1, 0.15) is 37.2 Å². The first kappa shape index (κ1) is 14.8. The number of H-pyrrole nitrogens is 1. The summed E-state index contributed by atoms with van der Waals surface area (Å²) in [5.74, 6) is -0.163. The number of hydrogen-bond donors (Lipinski definition) is 2. The Bertz CT molecular complexity index is 477. The average molecular weight is 291 g/mol. The minimum absolute atomic E-state index is 0.121. The fraction of sp³-hybridized carbons (Fsp3) is 0.667. The summed E-state index contributed by atoms with van der Waals surface area (Å²) in [4.78, 5) is 19.2. The van der Waals surface area contributed by atoms with Gasteiger partial charge in [0.25, 0.3) is 5.91 Å². The van der Waals surface area contributed by atoms with E-state index in [1.807, 2.05) is 0 Å². The molecule has 0 radical (unpaired) electrons. The maximum Gasteiger partial charge on any atom is 0.432 e. The highest BCUT2D eigenvalue weighted by Crippen LogP contribution is 2.31. The summed E-state index contributed by atoms with van der Waals surface area (Å²) in [5, 5.41) is 9.21. The minimum Gasteiger partial charge on any atom is -0.384 e. The number of amides is 1. The van der Waals surface area contributed by atoms with E-state index in [0.29, 0.717) is 31.8 Å². The Morgan fingerprint density at radius 1 is 1.50 bits per heavy atom. The molecule has 1 fully saturated rings. The second-order valence-electron chi connectivity index (χ2n) is 4.96. The molecule has 0 aliphatic carbocycles. The van der Waals surface area contributed by atoms with Crippen LogP contribution in [0, 0.1) is 0 Å². The van der Waals surface area contributed by atoms with Crippen LogP contribution in [0.25, 0.3) is 0 Å². The van der Waals surface area contributed by atoms with Gasteiger partial charge in [-0.05, 0) is 19.8 Å². The number of nitrogens with one attached hydrogen (secondary N) is 1. The average Bonchev–Trinajstić information content (AvgIpc) is 2.87. The Labute approximate surface area is 113 Å². The van der Waals surface area contributed by atoms with Gasteiger partial charge in [0.05, 0.1) is 6.20 Å². The van der Waals surface area contributed by atoms with Gasteiger partial charge in [0.15, 0.2) is 0 Å². The smallest absolute Gasteiger partial charge is 0.384 e. The molecule has 112 valence electrons. The molecule has 0 bridgehead atoms. The first-order valence-corrected chi connectivity index (χ1v) is 6.38. The number of hydrogen-bond acceptors (Lipinski definition) is 3. The fourth-order valence-electron chi connectivity index (χ4n) is 2.33. The number of piperidine rings is 1. The van der Waals surface area contributed by atoms with Crippen molar-refractivity contribution in [1.29, 1.82) is 0 Å². The second kappa shape index (κ2) is 5.43. The number of likely N-dealkylation sites (tertiary alicyclic amines) is 1. The summed E-state index contributed by atoms with van der Waals surface area (Å²) in [7, 11) is 0. The van der Waals surface area contributed by atoms with Crippen LogP contribution in [-0.2, 0) is 11.0 Å². The molecule has 2 heterocycles. The zero-order valence-corrected chi connectivity index (χ0v) is 10.9. The van der Waals surface area contributed by atoms with Gasteiger partial charge in [0.2, 0.25) is 0 Å². The van der Waals surface area contributed by atoms with Crippen LogP contribution < -0.4 is 0 Å². The Balaban J connectivity index is 1.97. The SMILES string of the molecule is CC(O)C(=O)N1CCC(c2ncc(C(F)(F)F)[nH]2)CC1. The third kappa shape index (κ3) is 3.12. The lowest BCUT2D eigenvalue weighted by Gasteiger charge is -2.31. The third-order valence-electron chi connectivity index (χ3n) is 3.45. The highest BCUT2D eigenvalue weighted by Gasteiger charge is 2.34. The quantitative estimate of drug-likeness (QED) is 0.868. The normalized spacial score (nSPS) is 19.1. The minimum atomic E-state index is -4.42. The van der Waals surface area contributed by atoms with E-state index in [4.69, 9.17) is 0 Å². The molecule has 20 heavy (non-hydrogen) atoms. The topological polar surface area (TPSA) is 69.2 Å². The van der Waals surface area contributed by atoms with Crippen molar-refractivity contribution in [3.63, 3.8) is 0 Å². The number of aromatic nitrogens is 2. The molecule has 1 atom stereocenters. The number of aliphatic hydroxyl groups is 1. The molecule has 1 aromatic heterocycles. The zero-order valence-electron chi connectivity index (χ0n) is 10.9. The van der Waals surface area contributed by atoms with Crippen LogP contribution >= 0.6 is 0 Å². The van der Waals surface area contributed by atoms with Gasteiger partial charge in [-0.1, -0.05) is 0 Å². The van der Waals surface area contributed by atoms with Crippen LogP contribution in [0.3, 0.4) is 0 Å². The van der Waals surface area contributed by atoms with Gasteiger partial charge in [-0.3, -0.25) is 4.79 Å². The van der Waals surface area contributed by atoms with Crippen molar-refractivity contribution in [2.45, 2.75) is 38.0 Å². The van der Waals surface area contributed by atoms with Gasteiger partial charge in [-0.2, -0.15) is 13.2 Å². The molecule has 2 rings (SSSR count). The van der Waals surface area contributed by atoms with Crippen LogP contribution in [-0.4, -0.2) is 45.1 Å². The Morgan fingerprint density at radius 3 is 2.55 bits per heavy atom. The van der Waals surface area contributed by atoms with Crippen LogP contribution in [0.2, 0.25) is 0 Å². The molecule has 1 amide bonds. The summed E-state index contributed by atoms with van der Waals surface area (Å²) < 4.78 is 37.4. The molecular weight excluding hydrogens is 275 g/mol. The van der Waals surface area contributed by atoms with Gasteiger partial charge in [0, 0.05) is 19.0 Å². The van der Waals surface area contributed by atoms with Crippen molar-refractivity contribution in [3.8, 4) is 0 Å². The Morgan fingerprint density at radius 2 is 2.10 bits per heavy atom. The van der Waals surface area contributed by atoms with Gasteiger partial charge < -0.3 is 15.0 Å². The largest absolute Gasteiger partial charge is 0.432 e. The number of aliphatic hydroxyl groups excluding tert-OH is 1. The standard InChI is InChI=1S/C12H16F3N3O2/c1-7(19)11(20)18-4-2-8(3-5-18)10-16-6-9(17-10)12(13,14)15/h6-8,19H,2-5H2,1H3,(H,16,17). The van der Waals surface area contributed by atoms with Crippen LogP contribution in [0.5, 0.6) is 0 Å². The van der Waals surface area contributed by atoms with Gasteiger partial charge in [-0.25, -0.2) is 4.98 Å². The van der Waals surface area contributed by atoms with Crippen molar-refractivity contribution in [1.82, 2.24) is 14.9 Å². The molecule has 0 aromatic carbocycles. The third-order valence-corrected chi connectivity index (χ3v) is 3.45. The van der Waals surface area contributed by atoms with Gasteiger partial charge >= 0.3 is 6.18 Å². The first-order chi connectivity index (χ1) is 9.29. The van der Waals surface area contributed by atoms with Crippen LogP contribution in [0.4, 0.5) is 13.2 Å². The number of aromatic amines is 1. The monoisotopic (exact) mass is 291 g/mol. The number of carbonyl (C=O) groups is 1. The lowest BCUT2D eigenvalue weighted by molar-refractivity contribution is -0.141. The Kier molecular flexibility index (Phi) is 4.03. The van der Waals surface area contributed by atoms with Crippen LogP contribution in [0.15, 0.2) is 6.20 Å². The maximum absolute atomic E-state index is 12.5. The molecule has 0 saturated carbocycles. The van der Waals surface area contributed by atoms with E-state index >= 15 is 0 Å². The lowest BCUT2D eigenvalue weighted by atomic mass is 9.96. The molecule has 1 saturated heterocycles. The summed E-state index contributed by atoms with van der Waals surface area (Å²) in [6.45, 7) is 2.23. The molecule has 1 unspecified atom stereocenters. The Hall–Kier alpha value is -1.57. The lowest BCUT2D eigenvalue weighted by Crippen LogP contribution is -2.42. The van der Waals surface area contributed by atoms with Gasteiger partial charge in [-0.15, -0.1) is 0 Å². The van der Waals surface area contributed by atoms with Crippen molar-refractivity contribution in [3.05, 3.63) is 17.7 Å². The number of rotatable bonds is 2. The van der Waals surface area contributed by atoms with E-state index < -0.39 is 18.0 Å². The van der Waals surface area contributed by atoms with Crippen molar-refractivity contribution < 1.29 is 23.1 Å². The molecule has 8 heteroatoms. The van der Waals surface area contributed by atoms with Gasteiger partial charge in [0.1, 0.15) is 17.6 Å². The van der Waals surface area contributed by atoms with E-state index in [1.165, 1.54) is 11.8 Å². The molecule has 5 nitrogen and oxygen atoms in total.